The number of benzene rings is 4. The van der Waals surface area contributed by atoms with Crippen LogP contribution in [0.2, 0.25) is 5.02 Å². The summed E-state index contributed by atoms with van der Waals surface area (Å²) in [7, 11) is 1.68. The third-order valence-corrected chi connectivity index (χ3v) is 11.0. The molecule has 306 valence electrons. The van der Waals surface area contributed by atoms with E-state index >= 15 is 0 Å². The van der Waals surface area contributed by atoms with Crippen LogP contribution in [0.25, 0.3) is 22.3 Å². The molecule has 0 spiro atoms. The highest BCUT2D eigenvalue weighted by Gasteiger charge is 2.32. The fourth-order valence-corrected chi connectivity index (χ4v) is 7.27. The monoisotopic (exact) mass is 817 g/mol. The van der Waals surface area contributed by atoms with E-state index in [0.29, 0.717) is 52.7 Å². The van der Waals surface area contributed by atoms with Crippen LogP contribution in [0.3, 0.4) is 0 Å². The van der Waals surface area contributed by atoms with Crippen LogP contribution < -0.4 is 30.2 Å². The van der Waals surface area contributed by atoms with Crippen molar-refractivity contribution < 1.29 is 34.0 Å². The Kier molecular flexibility index (Phi) is 13.9. The van der Waals surface area contributed by atoms with Crippen LogP contribution in [0, 0.1) is 25.2 Å². The number of methoxy groups -OCH3 is 1. The maximum Gasteiger partial charge on any atom is 0.326 e. The lowest BCUT2D eigenvalue weighted by molar-refractivity contribution is -0.146. The maximum absolute atomic E-state index is 11.9. The summed E-state index contributed by atoms with van der Waals surface area (Å²) < 4.78 is 18.4. The van der Waals surface area contributed by atoms with Gasteiger partial charge in [-0.25, -0.2) is 0 Å². The fourth-order valence-electron chi connectivity index (χ4n) is 7.03. The maximum atomic E-state index is 11.9. The Hall–Kier alpha value is -5.97. The Bertz CT molecular complexity index is 2380. The van der Waals surface area contributed by atoms with Crippen molar-refractivity contribution in [2.45, 2.75) is 71.5 Å². The van der Waals surface area contributed by atoms with E-state index in [4.69, 9.17) is 25.8 Å². The van der Waals surface area contributed by atoms with Crippen molar-refractivity contribution in [3.05, 3.63) is 129 Å². The minimum absolute atomic E-state index is 0.0191. The number of carboxylic acid groups (broad SMARTS) is 1. The van der Waals surface area contributed by atoms with Gasteiger partial charge in [0.15, 0.2) is 0 Å². The lowest BCUT2D eigenvalue weighted by Gasteiger charge is -2.25. The SMILES string of the molecule is COc1cc(-c2cccc(-c3cccc(COc4cc(OCc5cncc(C#N)c5)c(CNC(C)(CO)C(=O)O)cc4Cl)c3C)c2C)ccc1CNCC1CCC(=O)N1. The number of carboxylic acids is 1. The zero-order valence-corrected chi connectivity index (χ0v) is 34.3. The molecule has 0 aliphatic carbocycles. The van der Waals surface area contributed by atoms with E-state index in [1.807, 2.05) is 12.1 Å². The normalized spacial score (nSPS) is 14.6. The predicted molar refractivity (Wildman–Crippen MR) is 225 cm³/mol. The zero-order valence-electron chi connectivity index (χ0n) is 33.5. The number of rotatable bonds is 18. The molecule has 1 aliphatic heterocycles. The second kappa shape index (κ2) is 19.2. The second-order valence-electron chi connectivity index (χ2n) is 14.8. The van der Waals surface area contributed by atoms with Crippen LogP contribution in [0.15, 0.2) is 85.2 Å². The fraction of sp³-hybridized carbons (Fsp3) is 0.304. The van der Waals surface area contributed by atoms with Crippen LogP contribution in [0.5, 0.6) is 17.2 Å². The predicted octanol–water partition coefficient (Wildman–Crippen LogP) is 7.02. The van der Waals surface area contributed by atoms with Gasteiger partial charge in [0.05, 0.1) is 24.3 Å². The summed E-state index contributed by atoms with van der Waals surface area (Å²) in [5.41, 5.74) is 8.40. The molecular weight excluding hydrogens is 770 g/mol. The third-order valence-electron chi connectivity index (χ3n) is 10.7. The van der Waals surface area contributed by atoms with Crippen molar-refractivity contribution in [2.24, 2.45) is 0 Å². The summed E-state index contributed by atoms with van der Waals surface area (Å²) in [6, 6.07) is 25.9. The molecule has 1 saturated heterocycles. The molecule has 5 N–H and O–H groups in total. The molecule has 0 bridgehead atoms. The number of nitrogens with zero attached hydrogens (tertiary/aromatic N) is 2. The van der Waals surface area contributed by atoms with Crippen molar-refractivity contribution >= 4 is 23.5 Å². The number of nitriles is 1. The second-order valence-corrected chi connectivity index (χ2v) is 15.2. The summed E-state index contributed by atoms with van der Waals surface area (Å²) in [4.78, 5) is 27.6. The molecule has 0 saturated carbocycles. The van der Waals surface area contributed by atoms with Gasteiger partial charge in [0.2, 0.25) is 5.91 Å². The van der Waals surface area contributed by atoms with Crippen molar-refractivity contribution in [2.75, 3.05) is 20.3 Å². The van der Waals surface area contributed by atoms with Gasteiger partial charge in [-0.3, -0.25) is 19.9 Å². The molecule has 5 aromatic rings. The number of hydrogen-bond donors (Lipinski definition) is 5. The first kappa shape index (κ1) is 42.6. The minimum atomic E-state index is -1.60. The van der Waals surface area contributed by atoms with E-state index in [-0.39, 0.29) is 31.7 Å². The summed E-state index contributed by atoms with van der Waals surface area (Å²) in [6.45, 7) is 6.56. The number of halogens is 1. The van der Waals surface area contributed by atoms with Gasteiger partial charge in [-0.1, -0.05) is 60.1 Å². The first-order chi connectivity index (χ1) is 28.4. The number of pyridine rings is 1. The average Bonchev–Trinajstić information content (AvgIpc) is 3.66. The highest BCUT2D eigenvalue weighted by Crippen LogP contribution is 2.38. The van der Waals surface area contributed by atoms with Crippen LogP contribution in [0.4, 0.5) is 0 Å². The molecule has 59 heavy (non-hydrogen) atoms. The van der Waals surface area contributed by atoms with E-state index in [1.165, 1.54) is 13.1 Å². The molecule has 2 unspecified atom stereocenters. The Morgan fingerprint density at radius 2 is 1.68 bits per heavy atom. The van der Waals surface area contributed by atoms with Gasteiger partial charge < -0.3 is 35.1 Å². The van der Waals surface area contributed by atoms with Gasteiger partial charge in [-0.2, -0.15) is 5.26 Å². The molecule has 6 rings (SSSR count). The topological polar surface area (TPSA) is 175 Å². The molecule has 1 fully saturated rings. The van der Waals surface area contributed by atoms with E-state index < -0.39 is 18.1 Å². The summed E-state index contributed by atoms with van der Waals surface area (Å²) >= 11 is 6.78. The molecule has 13 heteroatoms. The number of carbonyl (C=O) groups excluding carboxylic acids is 1. The van der Waals surface area contributed by atoms with Crippen molar-refractivity contribution in [3.8, 4) is 45.6 Å². The number of aliphatic carboxylic acids is 1. The minimum Gasteiger partial charge on any atom is -0.496 e. The zero-order chi connectivity index (χ0) is 42.1. The Labute approximate surface area is 349 Å². The van der Waals surface area contributed by atoms with Crippen LogP contribution in [0.1, 0.15) is 58.7 Å². The largest absolute Gasteiger partial charge is 0.496 e. The molecular formula is C46H48ClN5O7. The number of aliphatic hydroxyl groups is 1. The molecule has 12 nitrogen and oxygen atoms in total. The Balaban J connectivity index is 1.21. The van der Waals surface area contributed by atoms with Gasteiger partial charge in [-0.15, -0.1) is 0 Å². The van der Waals surface area contributed by atoms with Gasteiger partial charge in [0.1, 0.15) is 42.1 Å². The molecule has 1 amide bonds. The van der Waals surface area contributed by atoms with Gasteiger partial charge >= 0.3 is 5.97 Å². The molecule has 2 atom stereocenters. The van der Waals surface area contributed by atoms with E-state index in [0.717, 1.165) is 56.7 Å². The van der Waals surface area contributed by atoms with Gasteiger partial charge in [0.25, 0.3) is 0 Å². The average molecular weight is 818 g/mol. The van der Waals surface area contributed by atoms with Gasteiger partial charge in [0, 0.05) is 67.2 Å². The first-order valence-electron chi connectivity index (χ1n) is 19.3. The first-order valence-corrected chi connectivity index (χ1v) is 19.7. The van der Waals surface area contributed by atoms with Crippen LogP contribution in [-0.4, -0.2) is 58.9 Å². The molecule has 1 aromatic heterocycles. The van der Waals surface area contributed by atoms with E-state index in [9.17, 15) is 25.1 Å². The van der Waals surface area contributed by atoms with Gasteiger partial charge in [-0.05, 0) is 84.3 Å². The third kappa shape index (κ3) is 10.2. The molecule has 1 aliphatic rings. The lowest BCUT2D eigenvalue weighted by atomic mass is 9.89. The lowest BCUT2D eigenvalue weighted by Crippen LogP contribution is -2.52. The number of aromatic nitrogens is 1. The highest BCUT2D eigenvalue weighted by atomic mass is 35.5. The van der Waals surface area contributed by atoms with Crippen LogP contribution in [-0.2, 0) is 35.9 Å². The number of carbonyl (C=O) groups is 2. The van der Waals surface area contributed by atoms with Crippen molar-refractivity contribution in [1.82, 2.24) is 20.9 Å². The summed E-state index contributed by atoms with van der Waals surface area (Å²) in [5, 5.41) is 38.4. The van der Waals surface area contributed by atoms with Crippen molar-refractivity contribution in [1.29, 1.82) is 5.26 Å². The number of ether oxygens (including phenoxy) is 3. The number of nitrogens with one attached hydrogen (secondary N) is 3. The Morgan fingerprint density at radius 3 is 2.39 bits per heavy atom. The smallest absolute Gasteiger partial charge is 0.326 e. The van der Waals surface area contributed by atoms with E-state index in [1.54, 1.807) is 31.5 Å². The molecule has 0 radical (unpaired) electrons. The Morgan fingerprint density at radius 1 is 0.932 bits per heavy atom. The number of aliphatic hydroxyl groups excluding tert-OH is 1. The van der Waals surface area contributed by atoms with Crippen LogP contribution >= 0.6 is 11.6 Å². The number of amides is 1. The summed E-state index contributed by atoms with van der Waals surface area (Å²) in [6.07, 6.45) is 4.48. The summed E-state index contributed by atoms with van der Waals surface area (Å²) in [5.74, 6) is 0.422. The highest BCUT2D eigenvalue weighted by molar-refractivity contribution is 6.32. The van der Waals surface area contributed by atoms with E-state index in [2.05, 4.69) is 83.3 Å². The van der Waals surface area contributed by atoms with Crippen molar-refractivity contribution in [3.63, 3.8) is 0 Å². The standard InChI is InChI=1S/C46H48ClN5O7/c1-28-34(26-59-43-18-42(58-25-31-15-30(19-48)20-49-21-31)35(16-40(43)47)23-51-46(3,27-53)45(55)56)7-5-9-38(28)39-10-6-8-37(29(39)2)32-11-12-33(41(17-32)57-4)22-50-24-36-13-14-44(54)52-36/h5-12,15-18,20-21,36,50-51,53H,13-14,22-27H2,1-4H3,(H,52,54)(H,55,56). The molecule has 4 aromatic carbocycles. The molecule has 2 heterocycles. The quantitative estimate of drug-likeness (QED) is 0.0615. The number of hydrogen-bond acceptors (Lipinski definition) is 10.